The van der Waals surface area contributed by atoms with E-state index in [2.05, 4.69) is 21.2 Å². The van der Waals surface area contributed by atoms with E-state index in [0.29, 0.717) is 12.5 Å². The summed E-state index contributed by atoms with van der Waals surface area (Å²) < 4.78 is 0.965. The summed E-state index contributed by atoms with van der Waals surface area (Å²) in [5.74, 6) is -0.788. The van der Waals surface area contributed by atoms with Gasteiger partial charge in [-0.3, -0.25) is 5.32 Å². The second-order valence-electron chi connectivity index (χ2n) is 5.20. The Balaban J connectivity index is 2.32. The molecule has 1 aromatic carbocycles. The molecule has 0 heterocycles. The first-order valence-electron chi connectivity index (χ1n) is 6.85. The number of halogens is 1. The van der Waals surface area contributed by atoms with E-state index in [0.717, 1.165) is 22.9 Å². The Morgan fingerprint density at radius 1 is 1.37 bits per heavy atom. The Morgan fingerprint density at radius 3 is 2.42 bits per heavy atom. The lowest BCUT2D eigenvalue weighted by Gasteiger charge is -2.33. The van der Waals surface area contributed by atoms with E-state index in [9.17, 15) is 9.90 Å². The first-order valence-corrected chi connectivity index (χ1v) is 7.65. The summed E-state index contributed by atoms with van der Waals surface area (Å²) in [5.41, 5.74) is -0.131. The van der Waals surface area contributed by atoms with Gasteiger partial charge in [-0.15, -0.1) is 0 Å². The number of benzene rings is 1. The van der Waals surface area contributed by atoms with Crippen molar-refractivity contribution in [2.24, 2.45) is 0 Å². The molecule has 2 N–H and O–H groups in total. The molecule has 0 saturated heterocycles. The van der Waals surface area contributed by atoms with Crippen molar-refractivity contribution in [1.29, 1.82) is 0 Å². The number of carbonyl (C=O) groups is 1. The van der Waals surface area contributed by atoms with Crippen LogP contribution in [0.25, 0.3) is 0 Å². The number of carboxylic acids is 1. The van der Waals surface area contributed by atoms with Crippen molar-refractivity contribution in [3.63, 3.8) is 0 Å². The number of carboxylic acid groups (broad SMARTS) is 1. The molecular weight excluding hydrogens is 306 g/mol. The minimum Gasteiger partial charge on any atom is -0.480 e. The molecule has 0 aromatic heterocycles. The molecule has 1 aromatic rings. The summed E-state index contributed by atoms with van der Waals surface area (Å²) in [7, 11) is 0. The molecule has 1 aliphatic rings. The van der Waals surface area contributed by atoms with Gasteiger partial charge in [0.15, 0.2) is 0 Å². The first-order chi connectivity index (χ1) is 9.08. The topological polar surface area (TPSA) is 49.3 Å². The Kier molecular flexibility index (Phi) is 4.63. The lowest BCUT2D eigenvalue weighted by molar-refractivity contribution is -0.146. The van der Waals surface area contributed by atoms with Crippen LogP contribution >= 0.6 is 15.9 Å². The standard InChI is InChI=1S/C15H20BrNO2/c1-2-15(14(18)19,17-13-5-3-4-6-13)11-7-9-12(16)10-8-11/h7-10,13,17H,2-6H2,1H3,(H,18,19). The van der Waals surface area contributed by atoms with Gasteiger partial charge in [-0.2, -0.15) is 0 Å². The average molecular weight is 326 g/mol. The summed E-state index contributed by atoms with van der Waals surface area (Å²) in [6.07, 6.45) is 5.08. The van der Waals surface area contributed by atoms with Crippen molar-refractivity contribution in [3.8, 4) is 0 Å². The normalized spacial score (nSPS) is 19.3. The molecular formula is C15H20BrNO2. The maximum Gasteiger partial charge on any atom is 0.328 e. The molecule has 19 heavy (non-hydrogen) atoms. The van der Waals surface area contributed by atoms with Crippen LogP contribution in [0.5, 0.6) is 0 Å². The summed E-state index contributed by atoms with van der Waals surface area (Å²) in [4.78, 5) is 11.9. The molecule has 0 amide bonds. The lowest BCUT2D eigenvalue weighted by atomic mass is 9.86. The predicted molar refractivity (Wildman–Crippen MR) is 79.1 cm³/mol. The molecule has 1 saturated carbocycles. The fraction of sp³-hybridized carbons (Fsp3) is 0.533. The second kappa shape index (κ2) is 6.06. The molecule has 1 unspecified atom stereocenters. The van der Waals surface area contributed by atoms with Crippen LogP contribution in [-0.2, 0) is 10.3 Å². The van der Waals surface area contributed by atoms with E-state index in [4.69, 9.17) is 0 Å². The number of hydrogen-bond donors (Lipinski definition) is 2. The Labute approximate surface area is 122 Å². The lowest BCUT2D eigenvalue weighted by Crippen LogP contribution is -2.52. The van der Waals surface area contributed by atoms with Crippen LogP contribution in [0.2, 0.25) is 0 Å². The van der Waals surface area contributed by atoms with Gasteiger partial charge in [0.25, 0.3) is 0 Å². The molecule has 1 fully saturated rings. The van der Waals surface area contributed by atoms with Crippen LogP contribution in [-0.4, -0.2) is 17.1 Å². The first kappa shape index (κ1) is 14.5. The second-order valence-corrected chi connectivity index (χ2v) is 6.11. The maximum atomic E-state index is 11.9. The third kappa shape index (κ3) is 3.00. The van der Waals surface area contributed by atoms with Crippen LogP contribution in [0, 0.1) is 0 Å². The zero-order valence-corrected chi connectivity index (χ0v) is 12.7. The largest absolute Gasteiger partial charge is 0.480 e. The molecule has 0 bridgehead atoms. The van der Waals surface area contributed by atoms with Gasteiger partial charge in [0.2, 0.25) is 0 Å². The van der Waals surface area contributed by atoms with Crippen molar-refractivity contribution in [2.75, 3.05) is 0 Å². The predicted octanol–water partition coefficient (Wildman–Crippen LogP) is 3.67. The van der Waals surface area contributed by atoms with E-state index < -0.39 is 11.5 Å². The van der Waals surface area contributed by atoms with Gasteiger partial charge in [0, 0.05) is 10.5 Å². The van der Waals surface area contributed by atoms with Crippen molar-refractivity contribution in [2.45, 2.75) is 50.6 Å². The summed E-state index contributed by atoms with van der Waals surface area (Å²) in [5, 5.41) is 13.1. The highest BCUT2D eigenvalue weighted by atomic mass is 79.9. The summed E-state index contributed by atoms with van der Waals surface area (Å²) in [6, 6.07) is 7.91. The van der Waals surface area contributed by atoms with Gasteiger partial charge < -0.3 is 5.11 Å². The molecule has 0 spiro atoms. The molecule has 2 rings (SSSR count). The monoisotopic (exact) mass is 325 g/mol. The minimum atomic E-state index is -0.963. The fourth-order valence-electron chi connectivity index (χ4n) is 2.88. The zero-order chi connectivity index (χ0) is 13.9. The Morgan fingerprint density at radius 2 is 1.95 bits per heavy atom. The molecule has 1 aliphatic carbocycles. The van der Waals surface area contributed by atoms with E-state index in [1.165, 1.54) is 12.8 Å². The Hall–Kier alpha value is -0.870. The van der Waals surface area contributed by atoms with Crippen molar-refractivity contribution in [1.82, 2.24) is 5.32 Å². The number of rotatable bonds is 5. The van der Waals surface area contributed by atoms with E-state index in [1.807, 2.05) is 31.2 Å². The van der Waals surface area contributed by atoms with Crippen LogP contribution in [0.1, 0.15) is 44.6 Å². The smallest absolute Gasteiger partial charge is 0.328 e. The molecule has 4 heteroatoms. The van der Waals surface area contributed by atoms with Gasteiger partial charge >= 0.3 is 5.97 Å². The van der Waals surface area contributed by atoms with Gasteiger partial charge in [0.05, 0.1) is 0 Å². The molecule has 0 aliphatic heterocycles. The van der Waals surface area contributed by atoms with Crippen LogP contribution in [0.4, 0.5) is 0 Å². The number of hydrogen-bond acceptors (Lipinski definition) is 2. The van der Waals surface area contributed by atoms with Gasteiger partial charge in [-0.05, 0) is 37.0 Å². The van der Waals surface area contributed by atoms with Gasteiger partial charge in [-0.25, -0.2) is 4.79 Å². The highest BCUT2D eigenvalue weighted by Gasteiger charge is 2.40. The van der Waals surface area contributed by atoms with Crippen molar-refractivity contribution < 1.29 is 9.90 Å². The average Bonchev–Trinajstić information content (AvgIpc) is 2.89. The van der Waals surface area contributed by atoms with Crippen LogP contribution in [0.3, 0.4) is 0 Å². The summed E-state index contributed by atoms with van der Waals surface area (Å²) in [6.45, 7) is 1.93. The van der Waals surface area contributed by atoms with Crippen LogP contribution < -0.4 is 5.32 Å². The molecule has 1 atom stereocenters. The third-order valence-electron chi connectivity index (χ3n) is 4.04. The van der Waals surface area contributed by atoms with Gasteiger partial charge in [-0.1, -0.05) is 47.8 Å². The number of nitrogens with one attached hydrogen (secondary N) is 1. The molecule has 3 nitrogen and oxygen atoms in total. The van der Waals surface area contributed by atoms with Gasteiger partial charge in [0.1, 0.15) is 5.54 Å². The third-order valence-corrected chi connectivity index (χ3v) is 4.57. The van der Waals surface area contributed by atoms with Crippen molar-refractivity contribution in [3.05, 3.63) is 34.3 Å². The van der Waals surface area contributed by atoms with Crippen molar-refractivity contribution >= 4 is 21.9 Å². The maximum absolute atomic E-state index is 11.9. The SMILES string of the molecule is CCC(NC1CCCC1)(C(=O)O)c1ccc(Br)cc1. The minimum absolute atomic E-state index is 0.319. The molecule has 104 valence electrons. The molecule has 0 radical (unpaired) electrons. The van der Waals surface area contributed by atoms with Crippen LogP contribution in [0.15, 0.2) is 28.7 Å². The number of aliphatic carboxylic acids is 1. The Bertz CT molecular complexity index is 440. The highest BCUT2D eigenvalue weighted by molar-refractivity contribution is 9.10. The van der Waals surface area contributed by atoms with E-state index in [1.54, 1.807) is 0 Å². The summed E-state index contributed by atoms with van der Waals surface area (Å²) >= 11 is 3.39. The quantitative estimate of drug-likeness (QED) is 0.868. The van der Waals surface area contributed by atoms with E-state index in [-0.39, 0.29) is 0 Å². The highest BCUT2D eigenvalue weighted by Crippen LogP contribution is 2.30. The fourth-order valence-corrected chi connectivity index (χ4v) is 3.14. The zero-order valence-electron chi connectivity index (χ0n) is 11.2. The van der Waals surface area contributed by atoms with E-state index >= 15 is 0 Å².